The van der Waals surface area contributed by atoms with Crippen molar-refractivity contribution in [2.45, 2.75) is 96.1 Å². The summed E-state index contributed by atoms with van der Waals surface area (Å²) in [6.45, 7) is 9.57. The molecule has 0 spiro atoms. The van der Waals surface area contributed by atoms with Crippen LogP contribution in [0.2, 0.25) is 0 Å². The van der Waals surface area contributed by atoms with Crippen molar-refractivity contribution in [1.82, 2.24) is 20.4 Å². The number of piperazine rings is 1. The SMILES string of the molecule is CC(C)C(=O)N1CCN([C@@H]2CCC[C@@H](NC(=O)C3CC4C(F)CCC(C)C4N3)C2)CC1. The lowest BCUT2D eigenvalue weighted by Gasteiger charge is -2.43. The van der Waals surface area contributed by atoms with Crippen LogP contribution in [0.5, 0.6) is 0 Å². The van der Waals surface area contributed by atoms with Gasteiger partial charge in [-0.25, -0.2) is 4.39 Å². The molecule has 2 saturated heterocycles. The summed E-state index contributed by atoms with van der Waals surface area (Å²) in [6, 6.07) is 0.567. The molecule has 7 heteroatoms. The van der Waals surface area contributed by atoms with E-state index in [1.54, 1.807) is 0 Å². The van der Waals surface area contributed by atoms with E-state index in [1.165, 1.54) is 0 Å². The third-order valence-electron chi connectivity index (χ3n) is 8.28. The Bertz CT molecular complexity index is 633. The monoisotopic (exact) mass is 436 g/mol. The van der Waals surface area contributed by atoms with E-state index in [1.807, 2.05) is 18.7 Å². The van der Waals surface area contributed by atoms with E-state index in [-0.39, 0.29) is 41.8 Å². The Morgan fingerprint density at radius 1 is 1.03 bits per heavy atom. The molecule has 4 rings (SSSR count). The fourth-order valence-corrected chi connectivity index (χ4v) is 6.40. The van der Waals surface area contributed by atoms with Crippen molar-refractivity contribution in [3.05, 3.63) is 0 Å². The maximum Gasteiger partial charge on any atom is 0.237 e. The number of hydrogen-bond donors (Lipinski definition) is 2. The number of nitrogens with one attached hydrogen (secondary N) is 2. The Kier molecular flexibility index (Phi) is 7.21. The average Bonchev–Trinajstić information content (AvgIpc) is 3.23. The van der Waals surface area contributed by atoms with Crippen LogP contribution in [0.3, 0.4) is 0 Å². The van der Waals surface area contributed by atoms with Gasteiger partial charge in [0, 0.05) is 56.1 Å². The van der Waals surface area contributed by atoms with Gasteiger partial charge in [0.25, 0.3) is 0 Å². The normalized spacial score (nSPS) is 39.4. The molecule has 0 aromatic heterocycles. The van der Waals surface area contributed by atoms with Gasteiger partial charge >= 0.3 is 0 Å². The molecule has 0 aromatic rings. The lowest BCUT2D eigenvalue weighted by atomic mass is 9.77. The highest BCUT2D eigenvalue weighted by Gasteiger charge is 2.46. The molecule has 2 heterocycles. The third-order valence-corrected chi connectivity index (χ3v) is 8.28. The van der Waals surface area contributed by atoms with Crippen molar-refractivity contribution in [2.75, 3.05) is 26.2 Å². The van der Waals surface area contributed by atoms with Crippen LogP contribution >= 0.6 is 0 Å². The highest BCUT2D eigenvalue weighted by molar-refractivity contribution is 5.82. The van der Waals surface area contributed by atoms with Crippen LogP contribution < -0.4 is 10.6 Å². The van der Waals surface area contributed by atoms with E-state index < -0.39 is 6.17 Å². The first kappa shape index (κ1) is 23.0. The summed E-state index contributed by atoms with van der Waals surface area (Å²) in [4.78, 5) is 29.7. The van der Waals surface area contributed by atoms with Gasteiger partial charge in [-0.3, -0.25) is 14.5 Å². The molecule has 2 saturated carbocycles. The molecule has 0 bridgehead atoms. The Balaban J connectivity index is 1.26. The molecule has 4 fully saturated rings. The van der Waals surface area contributed by atoms with Gasteiger partial charge in [-0.05, 0) is 50.9 Å². The molecule has 4 aliphatic rings. The highest BCUT2D eigenvalue weighted by Crippen LogP contribution is 2.38. The zero-order valence-corrected chi connectivity index (χ0v) is 19.5. The minimum atomic E-state index is -0.771. The zero-order valence-electron chi connectivity index (χ0n) is 19.5. The number of nitrogens with zero attached hydrogens (tertiary/aromatic N) is 2. The average molecular weight is 437 g/mol. The maximum atomic E-state index is 14.4. The number of alkyl halides is 1. The summed E-state index contributed by atoms with van der Waals surface area (Å²) in [5.41, 5.74) is 0. The van der Waals surface area contributed by atoms with Gasteiger partial charge in [0.15, 0.2) is 0 Å². The van der Waals surface area contributed by atoms with Crippen LogP contribution in [0, 0.1) is 17.8 Å². The van der Waals surface area contributed by atoms with Crippen molar-refractivity contribution in [3.8, 4) is 0 Å². The molecule has 7 atom stereocenters. The Labute approximate surface area is 186 Å². The predicted octanol–water partition coefficient (Wildman–Crippen LogP) is 2.33. The smallest absolute Gasteiger partial charge is 0.237 e. The van der Waals surface area contributed by atoms with E-state index in [0.717, 1.165) is 58.3 Å². The summed E-state index contributed by atoms with van der Waals surface area (Å²) in [6.07, 6.45) is 5.69. The number of fused-ring (bicyclic) bond motifs is 1. The quantitative estimate of drug-likeness (QED) is 0.710. The van der Waals surface area contributed by atoms with Crippen molar-refractivity contribution in [3.63, 3.8) is 0 Å². The predicted molar refractivity (Wildman–Crippen MR) is 119 cm³/mol. The van der Waals surface area contributed by atoms with Gasteiger partial charge in [-0.15, -0.1) is 0 Å². The van der Waals surface area contributed by atoms with E-state index in [2.05, 4.69) is 22.5 Å². The molecule has 176 valence electrons. The number of rotatable bonds is 4. The third kappa shape index (κ3) is 5.08. The summed E-state index contributed by atoms with van der Waals surface area (Å²) >= 11 is 0. The largest absolute Gasteiger partial charge is 0.352 e. The van der Waals surface area contributed by atoms with Crippen molar-refractivity contribution < 1.29 is 14.0 Å². The van der Waals surface area contributed by atoms with Gasteiger partial charge < -0.3 is 15.5 Å². The van der Waals surface area contributed by atoms with Crippen LogP contribution in [-0.4, -0.2) is 78.1 Å². The fourth-order valence-electron chi connectivity index (χ4n) is 6.40. The summed E-state index contributed by atoms with van der Waals surface area (Å²) in [5, 5.41) is 6.76. The molecule has 31 heavy (non-hydrogen) atoms. The second kappa shape index (κ2) is 9.74. The maximum absolute atomic E-state index is 14.4. The van der Waals surface area contributed by atoms with Crippen molar-refractivity contribution >= 4 is 11.8 Å². The molecular weight excluding hydrogens is 395 g/mol. The van der Waals surface area contributed by atoms with Crippen molar-refractivity contribution in [1.29, 1.82) is 0 Å². The molecule has 0 aromatic carbocycles. The molecule has 5 unspecified atom stereocenters. The highest BCUT2D eigenvalue weighted by atomic mass is 19.1. The molecule has 2 aliphatic carbocycles. The molecular formula is C24H41FN4O2. The minimum absolute atomic E-state index is 0.0107. The number of halogens is 1. The summed E-state index contributed by atoms with van der Waals surface area (Å²) in [5.74, 6) is 0.803. The molecule has 2 aliphatic heterocycles. The number of carbonyl (C=O) groups excluding carboxylic acids is 2. The minimum Gasteiger partial charge on any atom is -0.352 e. The van der Waals surface area contributed by atoms with Crippen molar-refractivity contribution in [2.24, 2.45) is 17.8 Å². The Hall–Kier alpha value is -1.21. The summed E-state index contributed by atoms with van der Waals surface area (Å²) < 4.78 is 14.4. The first-order valence-electron chi connectivity index (χ1n) is 12.6. The van der Waals surface area contributed by atoms with Crippen LogP contribution in [0.15, 0.2) is 0 Å². The van der Waals surface area contributed by atoms with Gasteiger partial charge in [0.1, 0.15) is 6.17 Å². The lowest BCUT2D eigenvalue weighted by molar-refractivity contribution is -0.136. The van der Waals surface area contributed by atoms with Crippen LogP contribution in [0.1, 0.15) is 65.7 Å². The molecule has 2 amide bonds. The van der Waals surface area contributed by atoms with Gasteiger partial charge in [0.05, 0.1) is 6.04 Å². The standard InChI is InChI=1S/C24H41FN4O2/c1-15(2)24(31)29-11-9-28(10-12-29)18-6-4-5-17(13-18)26-23(30)21-14-19-20(25)8-7-16(3)22(19)27-21/h15-22,27H,4-14H2,1-3H3,(H,26,30)/t16?,17-,18-,19?,20?,21?,22?/m1/s1. The second-order valence-corrected chi connectivity index (χ2v) is 10.8. The van der Waals surface area contributed by atoms with Gasteiger partial charge in [0.2, 0.25) is 11.8 Å². The van der Waals surface area contributed by atoms with E-state index >= 15 is 0 Å². The fraction of sp³-hybridized carbons (Fsp3) is 0.917. The Morgan fingerprint density at radius 3 is 2.45 bits per heavy atom. The van der Waals surface area contributed by atoms with Gasteiger partial charge in [-0.2, -0.15) is 0 Å². The lowest BCUT2D eigenvalue weighted by Crippen LogP contribution is -2.55. The number of hydrogen-bond acceptors (Lipinski definition) is 4. The van der Waals surface area contributed by atoms with E-state index in [0.29, 0.717) is 24.8 Å². The molecule has 0 radical (unpaired) electrons. The summed E-state index contributed by atoms with van der Waals surface area (Å²) in [7, 11) is 0. The zero-order chi connectivity index (χ0) is 22.1. The first-order valence-corrected chi connectivity index (χ1v) is 12.6. The number of carbonyl (C=O) groups is 2. The first-order chi connectivity index (χ1) is 14.8. The van der Waals surface area contributed by atoms with Crippen LogP contribution in [0.4, 0.5) is 4.39 Å². The molecule has 2 N–H and O–H groups in total. The van der Waals surface area contributed by atoms with Crippen LogP contribution in [-0.2, 0) is 9.59 Å². The second-order valence-electron chi connectivity index (χ2n) is 10.8. The Morgan fingerprint density at radius 2 is 1.77 bits per heavy atom. The van der Waals surface area contributed by atoms with E-state index in [4.69, 9.17) is 0 Å². The van der Waals surface area contributed by atoms with E-state index in [9.17, 15) is 14.0 Å². The topological polar surface area (TPSA) is 64.7 Å². The molecule has 6 nitrogen and oxygen atoms in total. The number of amides is 2. The van der Waals surface area contributed by atoms with Crippen LogP contribution in [0.25, 0.3) is 0 Å². The van der Waals surface area contributed by atoms with Gasteiger partial charge in [-0.1, -0.05) is 20.8 Å².